The van der Waals surface area contributed by atoms with Gasteiger partial charge >= 0.3 is 5.97 Å². The van der Waals surface area contributed by atoms with Crippen LogP contribution in [0.25, 0.3) is 0 Å². The average Bonchev–Trinajstić information content (AvgIpc) is 2.48. The molecule has 0 radical (unpaired) electrons. The molecule has 2 aromatic rings. The smallest absolute Gasteiger partial charge is 0.310 e. The van der Waals surface area contributed by atoms with Gasteiger partial charge in [-0.15, -0.1) is 0 Å². The molecular formula is C17H16ClNO3. The molecule has 4 nitrogen and oxygen atoms in total. The highest BCUT2D eigenvalue weighted by atomic mass is 35.5. The normalized spacial score (nSPS) is 10.1. The van der Waals surface area contributed by atoms with Gasteiger partial charge in [-0.2, -0.15) is 0 Å². The third kappa shape index (κ3) is 4.90. The lowest BCUT2D eigenvalue weighted by Crippen LogP contribution is -2.21. The monoisotopic (exact) mass is 317 g/mol. The number of hydrogen-bond donors (Lipinski definition) is 1. The van der Waals surface area contributed by atoms with Crippen LogP contribution in [0.3, 0.4) is 0 Å². The van der Waals surface area contributed by atoms with E-state index in [4.69, 9.17) is 16.3 Å². The Kier molecular flexibility index (Phi) is 5.55. The molecule has 0 aliphatic heterocycles. The summed E-state index contributed by atoms with van der Waals surface area (Å²) < 4.78 is 4.98. The molecule has 0 spiro atoms. The zero-order chi connectivity index (χ0) is 15.9. The Morgan fingerprint density at radius 2 is 1.91 bits per heavy atom. The Morgan fingerprint density at radius 3 is 2.64 bits per heavy atom. The highest BCUT2D eigenvalue weighted by Gasteiger charge is 2.10. The van der Waals surface area contributed by atoms with E-state index in [1.54, 1.807) is 24.3 Å². The Morgan fingerprint density at radius 1 is 1.14 bits per heavy atom. The summed E-state index contributed by atoms with van der Waals surface area (Å²) in [6, 6.07) is 14.3. The van der Waals surface area contributed by atoms with E-state index in [1.807, 2.05) is 31.2 Å². The molecule has 0 saturated carbocycles. The van der Waals surface area contributed by atoms with Crippen molar-refractivity contribution in [3.8, 4) is 0 Å². The van der Waals surface area contributed by atoms with Crippen LogP contribution in [0.15, 0.2) is 48.5 Å². The van der Waals surface area contributed by atoms with E-state index in [1.165, 1.54) is 0 Å². The van der Waals surface area contributed by atoms with Gasteiger partial charge in [-0.3, -0.25) is 9.59 Å². The first kappa shape index (κ1) is 16.0. The molecule has 0 heterocycles. The Balaban J connectivity index is 1.81. The van der Waals surface area contributed by atoms with E-state index in [0.29, 0.717) is 10.7 Å². The number of carbonyl (C=O) groups is 2. The molecule has 0 aliphatic carbocycles. The number of amides is 1. The van der Waals surface area contributed by atoms with E-state index in [9.17, 15) is 9.59 Å². The van der Waals surface area contributed by atoms with Gasteiger partial charge in [0.2, 0.25) is 0 Å². The van der Waals surface area contributed by atoms with Crippen LogP contribution in [0.4, 0.5) is 5.69 Å². The molecule has 5 heteroatoms. The number of benzene rings is 2. The number of anilines is 1. The van der Waals surface area contributed by atoms with E-state index < -0.39 is 11.9 Å². The second kappa shape index (κ2) is 7.61. The first-order valence-corrected chi connectivity index (χ1v) is 7.18. The fourth-order valence-corrected chi connectivity index (χ4v) is 2.11. The first-order valence-electron chi connectivity index (χ1n) is 6.80. The minimum absolute atomic E-state index is 0.150. The maximum Gasteiger partial charge on any atom is 0.310 e. The second-order valence-electron chi connectivity index (χ2n) is 4.82. The summed E-state index contributed by atoms with van der Waals surface area (Å²) in [7, 11) is 0. The maximum atomic E-state index is 11.8. The number of esters is 1. The number of ether oxygens (including phenoxy) is 1. The van der Waals surface area contributed by atoms with Crippen LogP contribution in [0.1, 0.15) is 11.1 Å². The number of halogens is 1. The van der Waals surface area contributed by atoms with Crippen molar-refractivity contribution in [1.82, 2.24) is 0 Å². The molecule has 0 unspecified atom stereocenters. The molecule has 0 fully saturated rings. The predicted molar refractivity (Wildman–Crippen MR) is 85.9 cm³/mol. The Bertz CT molecular complexity index is 685. The Labute approximate surface area is 134 Å². The molecule has 114 valence electrons. The van der Waals surface area contributed by atoms with Crippen molar-refractivity contribution in [1.29, 1.82) is 0 Å². The van der Waals surface area contributed by atoms with Crippen LogP contribution >= 0.6 is 11.6 Å². The highest BCUT2D eigenvalue weighted by molar-refractivity contribution is 6.30. The molecular weight excluding hydrogens is 302 g/mol. The van der Waals surface area contributed by atoms with Crippen molar-refractivity contribution in [2.45, 2.75) is 13.3 Å². The number of aryl methyl sites for hydroxylation is 1. The summed E-state index contributed by atoms with van der Waals surface area (Å²) in [5.41, 5.74) is 2.47. The number of nitrogens with one attached hydrogen (secondary N) is 1. The highest BCUT2D eigenvalue weighted by Crippen LogP contribution is 2.14. The van der Waals surface area contributed by atoms with Crippen LogP contribution in [-0.4, -0.2) is 18.5 Å². The average molecular weight is 318 g/mol. The molecule has 2 aromatic carbocycles. The molecule has 0 bridgehead atoms. The van der Waals surface area contributed by atoms with Crippen molar-refractivity contribution in [3.63, 3.8) is 0 Å². The molecule has 0 atom stereocenters. The van der Waals surface area contributed by atoms with Crippen molar-refractivity contribution in [2.75, 3.05) is 11.9 Å². The lowest BCUT2D eigenvalue weighted by Gasteiger charge is -2.08. The van der Waals surface area contributed by atoms with Gasteiger partial charge in [0.15, 0.2) is 6.61 Å². The zero-order valence-electron chi connectivity index (χ0n) is 12.1. The van der Waals surface area contributed by atoms with Gasteiger partial charge in [-0.1, -0.05) is 41.9 Å². The summed E-state index contributed by atoms with van der Waals surface area (Å²) in [6.07, 6.45) is 0.150. The summed E-state index contributed by atoms with van der Waals surface area (Å²) in [5, 5.41) is 3.14. The van der Waals surface area contributed by atoms with Crippen LogP contribution in [0.5, 0.6) is 0 Å². The first-order chi connectivity index (χ1) is 10.5. The van der Waals surface area contributed by atoms with Crippen molar-refractivity contribution in [2.24, 2.45) is 0 Å². The molecule has 22 heavy (non-hydrogen) atoms. The van der Waals surface area contributed by atoms with Crippen LogP contribution < -0.4 is 5.32 Å². The maximum absolute atomic E-state index is 11.8. The number of hydrogen-bond acceptors (Lipinski definition) is 3. The van der Waals surface area contributed by atoms with Gasteiger partial charge in [0.1, 0.15) is 0 Å². The molecule has 0 aromatic heterocycles. The van der Waals surface area contributed by atoms with Gasteiger partial charge in [-0.05, 0) is 36.2 Å². The van der Waals surface area contributed by atoms with Gasteiger partial charge in [0.05, 0.1) is 6.42 Å². The summed E-state index contributed by atoms with van der Waals surface area (Å²) >= 11 is 5.82. The standard InChI is InChI=1S/C17H16ClNO3/c1-12-5-2-3-6-13(12)9-17(21)22-11-16(20)19-15-8-4-7-14(18)10-15/h2-8,10H,9,11H2,1H3,(H,19,20). The second-order valence-corrected chi connectivity index (χ2v) is 5.26. The summed E-state index contributed by atoms with van der Waals surface area (Å²) in [6.45, 7) is 1.60. The van der Waals surface area contributed by atoms with E-state index in [-0.39, 0.29) is 13.0 Å². The topological polar surface area (TPSA) is 55.4 Å². The third-order valence-corrected chi connectivity index (χ3v) is 3.30. The molecule has 1 amide bonds. The van der Waals surface area contributed by atoms with Crippen molar-refractivity contribution >= 4 is 29.2 Å². The van der Waals surface area contributed by atoms with E-state index >= 15 is 0 Å². The van der Waals surface area contributed by atoms with Crippen molar-refractivity contribution in [3.05, 3.63) is 64.7 Å². The fraction of sp³-hybridized carbons (Fsp3) is 0.176. The van der Waals surface area contributed by atoms with Gasteiger partial charge < -0.3 is 10.1 Å². The van der Waals surface area contributed by atoms with Gasteiger partial charge in [0.25, 0.3) is 5.91 Å². The third-order valence-electron chi connectivity index (χ3n) is 3.07. The molecule has 1 N–H and O–H groups in total. The number of rotatable bonds is 5. The van der Waals surface area contributed by atoms with Gasteiger partial charge in [-0.25, -0.2) is 0 Å². The zero-order valence-corrected chi connectivity index (χ0v) is 12.9. The summed E-state index contributed by atoms with van der Waals surface area (Å²) in [4.78, 5) is 23.5. The molecule has 0 aliphatic rings. The largest absolute Gasteiger partial charge is 0.455 e. The lowest BCUT2D eigenvalue weighted by atomic mass is 10.1. The molecule has 2 rings (SSSR count). The SMILES string of the molecule is Cc1ccccc1CC(=O)OCC(=O)Nc1cccc(Cl)c1. The van der Waals surface area contributed by atoms with Crippen molar-refractivity contribution < 1.29 is 14.3 Å². The minimum atomic E-state index is -0.435. The number of carbonyl (C=O) groups excluding carboxylic acids is 2. The molecule has 0 saturated heterocycles. The van der Waals surface area contributed by atoms with Crippen LogP contribution in [0.2, 0.25) is 5.02 Å². The predicted octanol–water partition coefficient (Wildman–Crippen LogP) is 3.37. The summed E-state index contributed by atoms with van der Waals surface area (Å²) in [5.74, 6) is -0.837. The Hall–Kier alpha value is -2.33. The minimum Gasteiger partial charge on any atom is -0.455 e. The van der Waals surface area contributed by atoms with E-state index in [0.717, 1.165) is 11.1 Å². The fourth-order valence-electron chi connectivity index (χ4n) is 1.92. The lowest BCUT2D eigenvalue weighted by molar-refractivity contribution is -0.146. The van der Waals surface area contributed by atoms with Gasteiger partial charge in [0, 0.05) is 10.7 Å². The quantitative estimate of drug-likeness (QED) is 0.860. The van der Waals surface area contributed by atoms with Crippen LogP contribution in [0, 0.1) is 6.92 Å². The van der Waals surface area contributed by atoms with Crippen LogP contribution in [-0.2, 0) is 20.7 Å². The van der Waals surface area contributed by atoms with E-state index in [2.05, 4.69) is 5.32 Å².